The van der Waals surface area contributed by atoms with Crippen LogP contribution in [0.3, 0.4) is 0 Å². The van der Waals surface area contributed by atoms with E-state index >= 15 is 0 Å². The van der Waals surface area contributed by atoms with Gasteiger partial charge in [0.2, 0.25) is 5.91 Å². The van der Waals surface area contributed by atoms with Gasteiger partial charge in [-0.25, -0.2) is 17.4 Å². The Hall–Kier alpha value is -4.68. The van der Waals surface area contributed by atoms with Gasteiger partial charge in [-0.3, -0.25) is 14.9 Å². The molecule has 1 aromatic heterocycles. The highest BCUT2D eigenvalue weighted by molar-refractivity contribution is 8.00. The number of nitro benzene ring substituents is 1. The SMILES string of the molecule is O=C(CSc1nc2ccccc2n1S(=O)(=O)c1cccc([N+](=O)[O-])c1)Nc1ccc(Oc2ccccc2)cc1. The highest BCUT2D eigenvalue weighted by Gasteiger charge is 2.26. The molecule has 0 unspecified atom stereocenters. The van der Waals surface area contributed by atoms with Crippen molar-refractivity contribution in [2.24, 2.45) is 0 Å². The molecule has 1 amide bonds. The summed E-state index contributed by atoms with van der Waals surface area (Å²) in [5.41, 5.74) is 0.886. The number of anilines is 1. The second-order valence-corrected chi connectivity index (χ2v) is 10.9. The number of fused-ring (bicyclic) bond motifs is 1. The molecule has 5 rings (SSSR count). The molecule has 0 radical (unpaired) electrons. The molecule has 0 spiro atoms. The maximum Gasteiger partial charge on any atom is 0.270 e. The van der Waals surface area contributed by atoms with E-state index in [0.29, 0.717) is 28.2 Å². The summed E-state index contributed by atoms with van der Waals surface area (Å²) in [5, 5.41) is 14.0. The molecule has 0 atom stereocenters. The first-order valence-electron chi connectivity index (χ1n) is 11.5. The zero-order valence-corrected chi connectivity index (χ0v) is 21.8. The average Bonchev–Trinajstić information content (AvgIpc) is 3.33. The number of rotatable bonds is 9. The molecule has 196 valence electrons. The van der Waals surface area contributed by atoms with E-state index < -0.39 is 14.9 Å². The third kappa shape index (κ3) is 5.76. The molecule has 39 heavy (non-hydrogen) atoms. The number of hydrogen-bond acceptors (Lipinski definition) is 8. The number of carbonyl (C=O) groups excluding carboxylic acids is 1. The Morgan fingerprint density at radius 2 is 1.62 bits per heavy atom. The van der Waals surface area contributed by atoms with Crippen LogP contribution in [0.2, 0.25) is 0 Å². The number of hydrogen-bond donors (Lipinski definition) is 1. The van der Waals surface area contributed by atoms with Crippen molar-refractivity contribution < 1.29 is 22.9 Å². The highest BCUT2D eigenvalue weighted by atomic mass is 32.2. The van der Waals surface area contributed by atoms with Crippen LogP contribution in [0.15, 0.2) is 113 Å². The second kappa shape index (κ2) is 11.0. The quantitative estimate of drug-likeness (QED) is 0.138. The lowest BCUT2D eigenvalue weighted by atomic mass is 10.3. The van der Waals surface area contributed by atoms with Crippen LogP contribution in [0.1, 0.15) is 0 Å². The van der Waals surface area contributed by atoms with Gasteiger partial charge >= 0.3 is 0 Å². The highest BCUT2D eigenvalue weighted by Crippen LogP contribution is 2.30. The van der Waals surface area contributed by atoms with Crippen LogP contribution in [-0.2, 0) is 14.8 Å². The second-order valence-electron chi connectivity index (χ2n) is 8.18. The normalized spacial score (nSPS) is 11.3. The van der Waals surface area contributed by atoms with Crippen molar-refractivity contribution in [1.29, 1.82) is 0 Å². The van der Waals surface area contributed by atoms with Crippen molar-refractivity contribution in [2.75, 3.05) is 11.1 Å². The number of para-hydroxylation sites is 3. The molecule has 0 fully saturated rings. The van der Waals surface area contributed by atoms with Crippen molar-refractivity contribution in [3.8, 4) is 11.5 Å². The number of benzene rings is 4. The Bertz CT molecular complexity index is 1770. The number of nitrogens with one attached hydrogen (secondary N) is 1. The Labute approximate surface area is 227 Å². The molecule has 1 heterocycles. The number of ether oxygens (including phenoxy) is 1. The maximum atomic E-state index is 13.6. The van der Waals surface area contributed by atoms with Gasteiger partial charge in [0.05, 0.1) is 26.6 Å². The van der Waals surface area contributed by atoms with Crippen LogP contribution < -0.4 is 10.1 Å². The number of thioether (sulfide) groups is 1. The topological polar surface area (TPSA) is 133 Å². The maximum absolute atomic E-state index is 13.6. The number of aromatic nitrogens is 2. The summed E-state index contributed by atoms with van der Waals surface area (Å²) in [6, 6.07) is 27.5. The molecule has 5 aromatic rings. The van der Waals surface area contributed by atoms with E-state index in [-0.39, 0.29) is 27.4 Å². The molecule has 4 aromatic carbocycles. The molecule has 0 saturated carbocycles. The number of carbonyl (C=O) groups is 1. The largest absolute Gasteiger partial charge is 0.457 e. The van der Waals surface area contributed by atoms with E-state index in [1.54, 1.807) is 48.5 Å². The van der Waals surface area contributed by atoms with Crippen LogP contribution in [0.25, 0.3) is 11.0 Å². The molecule has 12 heteroatoms. The minimum absolute atomic E-state index is 0.0597. The van der Waals surface area contributed by atoms with Gasteiger partial charge in [-0.2, -0.15) is 0 Å². The Morgan fingerprint density at radius 3 is 2.36 bits per heavy atom. The van der Waals surface area contributed by atoms with Gasteiger partial charge in [0, 0.05) is 17.8 Å². The summed E-state index contributed by atoms with van der Waals surface area (Å²) >= 11 is 0.939. The minimum Gasteiger partial charge on any atom is -0.457 e. The molecular weight excluding hydrogens is 540 g/mol. The van der Waals surface area contributed by atoms with Gasteiger partial charge in [-0.15, -0.1) is 0 Å². The molecule has 0 saturated heterocycles. The van der Waals surface area contributed by atoms with Crippen molar-refractivity contribution in [1.82, 2.24) is 8.96 Å². The van der Waals surface area contributed by atoms with Crippen LogP contribution in [0.5, 0.6) is 11.5 Å². The summed E-state index contributed by atoms with van der Waals surface area (Å²) in [6.07, 6.45) is 0. The van der Waals surface area contributed by atoms with Gasteiger partial charge in [-0.1, -0.05) is 48.2 Å². The smallest absolute Gasteiger partial charge is 0.270 e. The van der Waals surface area contributed by atoms with E-state index in [1.165, 1.54) is 18.2 Å². The van der Waals surface area contributed by atoms with Gasteiger partial charge < -0.3 is 10.1 Å². The predicted molar refractivity (Wildman–Crippen MR) is 148 cm³/mol. The van der Waals surface area contributed by atoms with Crippen molar-refractivity contribution >= 4 is 50.1 Å². The fourth-order valence-electron chi connectivity index (χ4n) is 3.73. The standard InChI is InChI=1S/C27H20N4O6S2/c32-26(28-19-13-15-22(16-14-19)37-21-8-2-1-3-9-21)18-38-27-29-24-11-4-5-12-25(24)30(27)39(35,36)23-10-6-7-20(17-23)31(33)34/h1-17H,18H2,(H,28,32). The summed E-state index contributed by atoms with van der Waals surface area (Å²) in [6.45, 7) is 0. The van der Waals surface area contributed by atoms with Gasteiger partial charge in [0.25, 0.3) is 15.7 Å². The zero-order valence-electron chi connectivity index (χ0n) is 20.1. The minimum atomic E-state index is -4.26. The molecule has 0 aliphatic heterocycles. The average molecular weight is 561 g/mol. The third-order valence-corrected chi connectivity index (χ3v) is 8.26. The van der Waals surface area contributed by atoms with Crippen LogP contribution >= 0.6 is 11.8 Å². The van der Waals surface area contributed by atoms with Gasteiger partial charge in [0.1, 0.15) is 11.5 Å². The predicted octanol–water partition coefficient (Wildman–Crippen LogP) is 5.70. The molecule has 0 aliphatic carbocycles. The molecule has 1 N–H and O–H groups in total. The Kier molecular flexibility index (Phi) is 7.30. The molecular formula is C27H20N4O6S2. The van der Waals surface area contributed by atoms with E-state index in [4.69, 9.17) is 4.74 Å². The van der Waals surface area contributed by atoms with E-state index in [1.807, 2.05) is 30.3 Å². The first-order chi connectivity index (χ1) is 18.8. The fourth-order valence-corrected chi connectivity index (χ4v) is 6.28. The third-order valence-electron chi connectivity index (χ3n) is 5.51. The lowest BCUT2D eigenvalue weighted by Crippen LogP contribution is -2.17. The van der Waals surface area contributed by atoms with E-state index in [0.717, 1.165) is 21.8 Å². The van der Waals surface area contributed by atoms with Gasteiger partial charge in [-0.05, 0) is 54.6 Å². The molecule has 10 nitrogen and oxygen atoms in total. The summed E-state index contributed by atoms with van der Waals surface area (Å²) < 4.78 is 33.9. The van der Waals surface area contributed by atoms with E-state index in [2.05, 4.69) is 10.3 Å². The molecule has 0 aliphatic rings. The molecule has 0 bridgehead atoms. The van der Waals surface area contributed by atoms with Crippen LogP contribution in [0, 0.1) is 10.1 Å². The Morgan fingerprint density at radius 1 is 0.923 bits per heavy atom. The zero-order chi connectivity index (χ0) is 27.4. The van der Waals surface area contributed by atoms with E-state index in [9.17, 15) is 23.3 Å². The number of non-ortho nitro benzene ring substituents is 1. The Balaban J connectivity index is 1.34. The van der Waals surface area contributed by atoms with Gasteiger partial charge in [0.15, 0.2) is 5.16 Å². The summed E-state index contributed by atoms with van der Waals surface area (Å²) in [4.78, 5) is 27.4. The van der Waals surface area contributed by atoms with Crippen LogP contribution in [0.4, 0.5) is 11.4 Å². The number of nitro groups is 1. The summed E-state index contributed by atoms with van der Waals surface area (Å²) in [5.74, 6) is 0.793. The first-order valence-corrected chi connectivity index (χ1v) is 14.0. The number of imidazole rings is 1. The van der Waals surface area contributed by atoms with Crippen LogP contribution in [-0.4, -0.2) is 34.0 Å². The first kappa shape index (κ1) is 25.9. The lowest BCUT2D eigenvalue weighted by molar-refractivity contribution is -0.385. The number of nitrogens with zero attached hydrogens (tertiary/aromatic N) is 3. The number of amides is 1. The van der Waals surface area contributed by atoms with Crippen molar-refractivity contribution in [3.63, 3.8) is 0 Å². The van der Waals surface area contributed by atoms with Crippen molar-refractivity contribution in [3.05, 3.63) is 113 Å². The fraction of sp³-hybridized carbons (Fsp3) is 0.0370. The lowest BCUT2D eigenvalue weighted by Gasteiger charge is -2.11. The van der Waals surface area contributed by atoms with Crippen molar-refractivity contribution in [2.45, 2.75) is 10.1 Å². The monoisotopic (exact) mass is 560 g/mol. The summed E-state index contributed by atoms with van der Waals surface area (Å²) in [7, 11) is -4.26.